The quantitative estimate of drug-likeness (QED) is 0.710. The summed E-state index contributed by atoms with van der Waals surface area (Å²) in [5, 5.41) is 10.2. The number of carboxylic acid groups (broad SMARTS) is 1. The van der Waals surface area contributed by atoms with Gasteiger partial charge in [0.1, 0.15) is 5.52 Å². The minimum Gasteiger partial charge on any atom is -0.475 e. The fraction of sp³-hybridized carbons (Fsp3) is 0.0909. The molecule has 0 bridgehead atoms. The Balaban J connectivity index is 0.000000246. The van der Waals surface area contributed by atoms with Gasteiger partial charge in [0, 0.05) is 0 Å². The molecular weight excluding hydrogens is 281 g/mol. The van der Waals surface area contributed by atoms with Crippen LogP contribution in [0.25, 0.3) is 10.9 Å². The van der Waals surface area contributed by atoms with Crippen molar-refractivity contribution in [1.82, 2.24) is 5.10 Å². The van der Waals surface area contributed by atoms with Crippen LogP contribution in [0.3, 0.4) is 0 Å². The van der Waals surface area contributed by atoms with Crippen molar-refractivity contribution in [3.8, 4) is 0 Å². The number of rotatable bonds is 0. The average molecular weight is 289 g/mol. The third-order valence-corrected chi connectivity index (χ3v) is 2.03. The SMILES string of the molecule is O=C(O)C(F)(F)F.O=c1cc[n+](=O)[nH]c2ccccc12. The number of alkyl halides is 3. The molecule has 2 aromatic rings. The van der Waals surface area contributed by atoms with Gasteiger partial charge in [-0.25, -0.2) is 4.79 Å². The molecule has 2 N–H and O–H groups in total. The Morgan fingerprint density at radius 3 is 2.30 bits per heavy atom. The normalized spacial score (nSPS) is 10.6. The second kappa shape index (κ2) is 5.95. The molecule has 9 heteroatoms. The van der Waals surface area contributed by atoms with E-state index in [1.165, 1.54) is 6.07 Å². The van der Waals surface area contributed by atoms with E-state index in [4.69, 9.17) is 9.90 Å². The fourth-order valence-electron chi connectivity index (χ4n) is 1.18. The molecule has 0 aliphatic heterocycles. The van der Waals surface area contributed by atoms with Crippen LogP contribution in [-0.4, -0.2) is 22.4 Å². The average Bonchev–Trinajstić information content (AvgIpc) is 2.49. The van der Waals surface area contributed by atoms with E-state index in [0.29, 0.717) is 15.4 Å². The van der Waals surface area contributed by atoms with Crippen LogP contribution >= 0.6 is 0 Å². The largest absolute Gasteiger partial charge is 0.490 e. The van der Waals surface area contributed by atoms with Crippen LogP contribution in [0.2, 0.25) is 0 Å². The van der Waals surface area contributed by atoms with E-state index in [9.17, 15) is 22.9 Å². The zero-order chi connectivity index (χ0) is 15.3. The number of carboxylic acids is 1. The van der Waals surface area contributed by atoms with E-state index in [1.807, 2.05) is 0 Å². The first-order valence-electron chi connectivity index (χ1n) is 5.06. The lowest BCUT2D eigenvalue weighted by Crippen LogP contribution is -2.21. The molecule has 6 nitrogen and oxygen atoms in total. The number of nitrogens with one attached hydrogen (secondary N) is 1. The molecule has 2 rings (SSSR count). The van der Waals surface area contributed by atoms with E-state index in [0.717, 1.165) is 6.20 Å². The first-order valence-corrected chi connectivity index (χ1v) is 5.06. The molecule has 1 heterocycles. The predicted octanol–water partition coefficient (Wildman–Crippen LogP) is 1.08. The summed E-state index contributed by atoms with van der Waals surface area (Å²) < 4.78 is 32.2. The Morgan fingerprint density at radius 1 is 1.20 bits per heavy atom. The molecule has 0 atom stereocenters. The van der Waals surface area contributed by atoms with Crippen LogP contribution in [0.1, 0.15) is 0 Å². The number of H-pyrrole nitrogens is 1. The van der Waals surface area contributed by atoms with Crippen molar-refractivity contribution in [1.29, 1.82) is 0 Å². The van der Waals surface area contributed by atoms with Crippen molar-refractivity contribution < 1.29 is 27.6 Å². The number of benzene rings is 1. The minimum atomic E-state index is -5.08. The molecule has 0 saturated heterocycles. The van der Waals surface area contributed by atoms with E-state index in [1.54, 1.807) is 24.3 Å². The molecule has 0 aliphatic rings. The van der Waals surface area contributed by atoms with Gasteiger partial charge in [0.05, 0.1) is 16.4 Å². The van der Waals surface area contributed by atoms with E-state index in [2.05, 4.69) is 5.10 Å². The van der Waals surface area contributed by atoms with Gasteiger partial charge in [-0.05, 0) is 12.1 Å². The Hall–Kier alpha value is -2.71. The summed E-state index contributed by atoms with van der Waals surface area (Å²) in [4.78, 5) is 31.2. The number of aromatic amines is 1. The van der Waals surface area contributed by atoms with Crippen LogP contribution in [-0.2, 0) is 4.79 Å². The molecule has 0 radical (unpaired) electrons. The smallest absolute Gasteiger partial charge is 0.475 e. The topological polar surface area (TPSA) is 93.1 Å². The van der Waals surface area contributed by atoms with Gasteiger partial charge in [0.15, 0.2) is 9.97 Å². The predicted molar refractivity (Wildman–Crippen MR) is 61.6 cm³/mol. The maximum atomic E-state index is 11.4. The Kier molecular flexibility index (Phi) is 4.57. The zero-order valence-electron chi connectivity index (χ0n) is 9.72. The third-order valence-electron chi connectivity index (χ3n) is 2.03. The summed E-state index contributed by atoms with van der Waals surface area (Å²) in [6, 6.07) is 8.12. The summed E-state index contributed by atoms with van der Waals surface area (Å²) in [5.74, 6) is -2.76. The summed E-state index contributed by atoms with van der Waals surface area (Å²) in [6.07, 6.45) is -3.93. The van der Waals surface area contributed by atoms with Gasteiger partial charge in [-0.3, -0.25) is 4.79 Å². The molecular formula is C11H8F3N2O4+. The monoisotopic (exact) mass is 289 g/mol. The summed E-state index contributed by atoms with van der Waals surface area (Å²) >= 11 is 0. The van der Waals surface area contributed by atoms with Crippen molar-refractivity contribution in [2.24, 2.45) is 0 Å². The zero-order valence-corrected chi connectivity index (χ0v) is 9.72. The molecule has 1 aromatic heterocycles. The molecule has 0 aliphatic carbocycles. The van der Waals surface area contributed by atoms with Crippen molar-refractivity contribution in [2.45, 2.75) is 6.18 Å². The lowest BCUT2D eigenvalue weighted by molar-refractivity contribution is -0.560. The van der Waals surface area contributed by atoms with Gasteiger partial charge in [-0.1, -0.05) is 12.1 Å². The maximum absolute atomic E-state index is 11.4. The van der Waals surface area contributed by atoms with Crippen molar-refractivity contribution in [3.05, 3.63) is 51.7 Å². The highest BCUT2D eigenvalue weighted by molar-refractivity contribution is 5.76. The highest BCUT2D eigenvalue weighted by atomic mass is 19.4. The number of hydrogen-bond donors (Lipinski definition) is 2. The summed E-state index contributed by atoms with van der Waals surface area (Å²) in [7, 11) is 0. The minimum absolute atomic E-state index is 0.165. The first kappa shape index (κ1) is 15.3. The van der Waals surface area contributed by atoms with Crippen molar-refractivity contribution in [3.63, 3.8) is 0 Å². The number of hydrogen-bond acceptors (Lipinski definition) is 3. The highest BCUT2D eigenvalue weighted by Crippen LogP contribution is 2.13. The van der Waals surface area contributed by atoms with Crippen molar-refractivity contribution >= 4 is 16.9 Å². The number of fused-ring (bicyclic) bond motifs is 1. The van der Waals surface area contributed by atoms with E-state index >= 15 is 0 Å². The summed E-state index contributed by atoms with van der Waals surface area (Å²) in [5.41, 5.74) is 0.369. The highest BCUT2D eigenvalue weighted by Gasteiger charge is 2.38. The Morgan fingerprint density at radius 2 is 1.75 bits per heavy atom. The molecule has 0 amide bonds. The van der Waals surface area contributed by atoms with Crippen LogP contribution in [0.5, 0.6) is 0 Å². The third kappa shape index (κ3) is 4.19. The lowest BCUT2D eigenvalue weighted by Gasteiger charge is -1.93. The molecule has 0 fully saturated rings. The molecule has 20 heavy (non-hydrogen) atoms. The molecule has 0 unspecified atom stereocenters. The molecule has 1 aromatic carbocycles. The van der Waals surface area contributed by atoms with Crippen LogP contribution in [0, 0.1) is 4.91 Å². The Labute approximate surface area is 108 Å². The molecule has 106 valence electrons. The van der Waals surface area contributed by atoms with Gasteiger partial charge in [0.25, 0.3) is 6.20 Å². The van der Waals surface area contributed by atoms with Crippen LogP contribution in [0.15, 0.2) is 41.3 Å². The number of carbonyl (C=O) groups is 1. The van der Waals surface area contributed by atoms with Crippen LogP contribution < -0.4 is 9.97 Å². The fourth-order valence-corrected chi connectivity index (χ4v) is 1.18. The van der Waals surface area contributed by atoms with Crippen molar-refractivity contribution in [2.75, 3.05) is 0 Å². The molecule has 0 spiro atoms. The maximum Gasteiger partial charge on any atom is 0.490 e. The first-order chi connectivity index (χ1) is 9.21. The Bertz CT molecular complexity index is 740. The van der Waals surface area contributed by atoms with Crippen LogP contribution in [0.4, 0.5) is 13.2 Å². The summed E-state index contributed by atoms with van der Waals surface area (Å²) in [6.45, 7) is 0. The second-order valence-corrected chi connectivity index (χ2v) is 3.47. The number of para-hydroxylation sites is 1. The standard InChI is InChI=1S/C9H6N2O2.C2HF3O2/c12-9-5-6-11(13)10-8-4-2-1-3-7(8)9;3-2(4,5)1(6)7/h1-6H;(H,6,7)/p+1. The lowest BCUT2D eigenvalue weighted by atomic mass is 10.2. The van der Waals surface area contributed by atoms with E-state index in [-0.39, 0.29) is 5.43 Å². The van der Waals surface area contributed by atoms with Gasteiger partial charge >= 0.3 is 12.1 Å². The van der Waals surface area contributed by atoms with Gasteiger partial charge in [-0.15, -0.1) is 5.10 Å². The second-order valence-electron chi connectivity index (χ2n) is 3.47. The van der Waals surface area contributed by atoms with Gasteiger partial charge in [0.2, 0.25) is 0 Å². The number of aliphatic carboxylic acids is 1. The molecule has 0 saturated carbocycles. The van der Waals surface area contributed by atoms with E-state index < -0.39 is 12.1 Å². The van der Waals surface area contributed by atoms with Gasteiger partial charge < -0.3 is 5.11 Å². The number of aromatic nitrogens is 2. The van der Waals surface area contributed by atoms with Gasteiger partial charge in [-0.2, -0.15) is 13.2 Å². The number of nitrogens with zero attached hydrogens (tertiary/aromatic N) is 1. The number of halogens is 3.